The van der Waals surface area contributed by atoms with Gasteiger partial charge in [-0.2, -0.15) is 5.10 Å². The summed E-state index contributed by atoms with van der Waals surface area (Å²) < 4.78 is 2.71. The van der Waals surface area contributed by atoms with E-state index in [1.807, 2.05) is 67.1 Å². The zero-order valence-electron chi connectivity index (χ0n) is 16.7. The van der Waals surface area contributed by atoms with Gasteiger partial charge in [0.2, 0.25) is 11.0 Å². The third-order valence-electron chi connectivity index (χ3n) is 4.64. The molecular formula is C22H21N5OS2. The van der Waals surface area contributed by atoms with Crippen molar-refractivity contribution in [3.05, 3.63) is 83.2 Å². The van der Waals surface area contributed by atoms with Crippen molar-refractivity contribution in [2.24, 2.45) is 0 Å². The number of nitrogens with zero attached hydrogens (tertiary/aromatic N) is 4. The number of thioether (sulfide) groups is 1. The van der Waals surface area contributed by atoms with Crippen LogP contribution in [0.1, 0.15) is 22.5 Å². The number of rotatable bonds is 7. The molecule has 2 aromatic heterocycles. The molecule has 0 aliphatic heterocycles. The van der Waals surface area contributed by atoms with Gasteiger partial charge in [-0.1, -0.05) is 71.6 Å². The highest BCUT2D eigenvalue weighted by molar-refractivity contribution is 8.00. The van der Waals surface area contributed by atoms with Crippen LogP contribution in [0.15, 0.2) is 65.0 Å². The van der Waals surface area contributed by atoms with Crippen molar-refractivity contribution in [2.45, 2.75) is 30.4 Å². The Labute approximate surface area is 183 Å². The molecule has 0 saturated heterocycles. The molecule has 0 aliphatic carbocycles. The van der Waals surface area contributed by atoms with Crippen LogP contribution in [0.2, 0.25) is 0 Å². The van der Waals surface area contributed by atoms with Crippen LogP contribution >= 0.6 is 23.1 Å². The number of carbonyl (C=O) groups is 1. The highest BCUT2D eigenvalue weighted by Crippen LogP contribution is 2.28. The average Bonchev–Trinajstić information content (AvgIpc) is 3.33. The van der Waals surface area contributed by atoms with Crippen molar-refractivity contribution in [1.29, 1.82) is 0 Å². The van der Waals surface area contributed by atoms with Gasteiger partial charge in [-0.15, -0.1) is 10.2 Å². The second kappa shape index (κ2) is 9.23. The summed E-state index contributed by atoms with van der Waals surface area (Å²) in [6.45, 7) is 3.91. The average molecular weight is 436 g/mol. The molecule has 0 unspecified atom stereocenters. The Morgan fingerprint density at radius 2 is 1.73 bits per heavy atom. The lowest BCUT2D eigenvalue weighted by Crippen LogP contribution is -2.15. The van der Waals surface area contributed by atoms with Gasteiger partial charge in [0.05, 0.1) is 17.8 Å². The Bertz CT molecular complexity index is 1140. The molecule has 2 aromatic carbocycles. The van der Waals surface area contributed by atoms with Gasteiger partial charge in [-0.3, -0.25) is 4.79 Å². The summed E-state index contributed by atoms with van der Waals surface area (Å²) in [4.78, 5) is 12.6. The molecule has 0 saturated carbocycles. The van der Waals surface area contributed by atoms with E-state index in [1.165, 1.54) is 16.9 Å². The first-order chi connectivity index (χ1) is 14.6. The first kappa shape index (κ1) is 20.3. The minimum Gasteiger partial charge on any atom is -0.300 e. The number of aromatic nitrogens is 4. The number of aryl methyl sites for hydroxylation is 1. The highest BCUT2D eigenvalue weighted by atomic mass is 32.2. The first-order valence-corrected chi connectivity index (χ1v) is 11.3. The van der Waals surface area contributed by atoms with Crippen LogP contribution in [0.5, 0.6) is 0 Å². The maximum atomic E-state index is 12.6. The van der Waals surface area contributed by atoms with E-state index in [4.69, 9.17) is 0 Å². The Balaban J connectivity index is 1.38. The molecule has 8 heteroatoms. The number of para-hydroxylation sites is 1. The fraction of sp³-hybridized carbons (Fsp3) is 0.182. The fourth-order valence-electron chi connectivity index (χ4n) is 3.11. The molecule has 30 heavy (non-hydrogen) atoms. The molecule has 4 rings (SSSR count). The SMILES string of the molecule is Cc1nn(-c2ccccc2)c(C)c1CC(=O)Nc1nnc(SCc2ccccc2)s1. The monoisotopic (exact) mass is 435 g/mol. The van der Waals surface area contributed by atoms with Gasteiger partial charge in [-0.25, -0.2) is 4.68 Å². The minimum absolute atomic E-state index is 0.121. The van der Waals surface area contributed by atoms with E-state index in [9.17, 15) is 4.79 Å². The van der Waals surface area contributed by atoms with E-state index in [2.05, 4.69) is 32.7 Å². The summed E-state index contributed by atoms with van der Waals surface area (Å²) in [6, 6.07) is 20.1. The Kier molecular flexibility index (Phi) is 6.25. The zero-order chi connectivity index (χ0) is 20.9. The number of benzene rings is 2. The van der Waals surface area contributed by atoms with E-state index in [1.54, 1.807) is 11.8 Å². The highest BCUT2D eigenvalue weighted by Gasteiger charge is 2.17. The van der Waals surface area contributed by atoms with Crippen molar-refractivity contribution in [3.63, 3.8) is 0 Å². The fourth-order valence-corrected chi connectivity index (χ4v) is 4.84. The molecule has 6 nitrogen and oxygen atoms in total. The van der Waals surface area contributed by atoms with Crippen LogP contribution in [0.4, 0.5) is 5.13 Å². The normalized spacial score (nSPS) is 10.9. The van der Waals surface area contributed by atoms with Crippen molar-refractivity contribution < 1.29 is 4.79 Å². The first-order valence-electron chi connectivity index (χ1n) is 9.51. The quantitative estimate of drug-likeness (QED) is 0.333. The second-order valence-corrected chi connectivity index (χ2v) is 8.97. The molecule has 0 aliphatic rings. The summed E-state index contributed by atoms with van der Waals surface area (Å²) >= 11 is 3.00. The maximum Gasteiger partial charge on any atom is 0.230 e. The van der Waals surface area contributed by atoms with Gasteiger partial charge in [0.25, 0.3) is 0 Å². The summed E-state index contributed by atoms with van der Waals surface area (Å²) in [5.41, 5.74) is 4.95. The Hall–Kier alpha value is -2.97. The van der Waals surface area contributed by atoms with Crippen molar-refractivity contribution in [3.8, 4) is 5.69 Å². The van der Waals surface area contributed by atoms with Gasteiger partial charge >= 0.3 is 0 Å². The predicted molar refractivity (Wildman–Crippen MR) is 121 cm³/mol. The summed E-state index contributed by atoms with van der Waals surface area (Å²) in [5, 5.41) is 16.3. The van der Waals surface area contributed by atoms with Crippen LogP contribution in [-0.4, -0.2) is 25.9 Å². The van der Waals surface area contributed by atoms with Gasteiger partial charge in [0, 0.05) is 17.0 Å². The lowest BCUT2D eigenvalue weighted by Gasteiger charge is -2.05. The number of anilines is 1. The smallest absolute Gasteiger partial charge is 0.230 e. The van der Waals surface area contributed by atoms with Crippen molar-refractivity contribution >= 4 is 34.1 Å². The van der Waals surface area contributed by atoms with Crippen LogP contribution in [-0.2, 0) is 17.0 Å². The summed E-state index contributed by atoms with van der Waals surface area (Å²) in [5.74, 6) is 0.699. The molecule has 0 spiro atoms. The molecule has 0 fully saturated rings. The predicted octanol–water partition coefficient (Wildman–Crippen LogP) is 4.81. The zero-order valence-corrected chi connectivity index (χ0v) is 18.3. The van der Waals surface area contributed by atoms with E-state index in [-0.39, 0.29) is 12.3 Å². The summed E-state index contributed by atoms with van der Waals surface area (Å²) in [6.07, 6.45) is 0.247. The van der Waals surface area contributed by atoms with Gasteiger partial charge in [0.1, 0.15) is 0 Å². The van der Waals surface area contributed by atoms with Gasteiger partial charge in [-0.05, 0) is 31.5 Å². The lowest BCUT2D eigenvalue weighted by molar-refractivity contribution is -0.115. The molecular weight excluding hydrogens is 414 g/mol. The number of carbonyl (C=O) groups excluding carboxylic acids is 1. The second-order valence-electron chi connectivity index (χ2n) is 6.77. The molecule has 0 radical (unpaired) electrons. The Morgan fingerprint density at radius 3 is 2.47 bits per heavy atom. The van der Waals surface area contributed by atoms with Crippen LogP contribution < -0.4 is 5.32 Å². The van der Waals surface area contributed by atoms with E-state index < -0.39 is 0 Å². The molecule has 4 aromatic rings. The standard InChI is InChI=1S/C22H21N5OS2/c1-15-19(16(2)27(26-15)18-11-7-4-8-12-18)13-20(28)23-21-24-25-22(30-21)29-14-17-9-5-3-6-10-17/h3-12H,13-14H2,1-2H3,(H,23,24,28). The largest absolute Gasteiger partial charge is 0.300 e. The lowest BCUT2D eigenvalue weighted by atomic mass is 10.1. The van der Waals surface area contributed by atoms with E-state index in [0.717, 1.165) is 32.7 Å². The van der Waals surface area contributed by atoms with Crippen molar-refractivity contribution in [2.75, 3.05) is 5.32 Å². The molecule has 0 bridgehead atoms. The van der Waals surface area contributed by atoms with Crippen molar-refractivity contribution in [1.82, 2.24) is 20.0 Å². The van der Waals surface area contributed by atoms with Gasteiger partial charge in [0.15, 0.2) is 4.34 Å². The minimum atomic E-state index is -0.121. The molecule has 2 heterocycles. The molecule has 152 valence electrons. The Morgan fingerprint density at radius 1 is 1.03 bits per heavy atom. The number of hydrogen-bond acceptors (Lipinski definition) is 6. The van der Waals surface area contributed by atoms with Crippen LogP contribution in [0.3, 0.4) is 0 Å². The third kappa shape index (κ3) is 4.77. The summed E-state index contributed by atoms with van der Waals surface area (Å²) in [7, 11) is 0. The topological polar surface area (TPSA) is 72.7 Å². The molecule has 1 N–H and O–H groups in total. The maximum absolute atomic E-state index is 12.6. The van der Waals surface area contributed by atoms with Gasteiger partial charge < -0.3 is 5.32 Å². The number of hydrogen-bond donors (Lipinski definition) is 1. The van der Waals surface area contributed by atoms with E-state index in [0.29, 0.717) is 5.13 Å². The molecule has 1 amide bonds. The van der Waals surface area contributed by atoms with Crippen LogP contribution in [0.25, 0.3) is 5.69 Å². The van der Waals surface area contributed by atoms with Crippen LogP contribution in [0, 0.1) is 13.8 Å². The molecule has 0 atom stereocenters. The number of amides is 1. The number of nitrogens with one attached hydrogen (secondary N) is 1. The third-order valence-corrected chi connectivity index (χ3v) is 6.68. The van der Waals surface area contributed by atoms with E-state index >= 15 is 0 Å².